The number of likely N-dealkylation sites (tertiary alicyclic amines) is 1. The van der Waals surface area contributed by atoms with Gasteiger partial charge in [0, 0.05) is 35.5 Å². The van der Waals surface area contributed by atoms with Crippen LogP contribution in [0.25, 0.3) is 0 Å². The molecule has 2 amide bonds. The number of aliphatic hydroxyl groups excluding tert-OH is 1. The predicted molar refractivity (Wildman–Crippen MR) is 128 cm³/mol. The lowest BCUT2D eigenvalue weighted by Crippen LogP contribution is -2.59. The van der Waals surface area contributed by atoms with Gasteiger partial charge in [-0.2, -0.15) is 0 Å². The molecule has 1 aromatic carbocycles. The van der Waals surface area contributed by atoms with Crippen LogP contribution < -0.4 is 5.32 Å². The highest BCUT2D eigenvalue weighted by molar-refractivity contribution is 6.30. The lowest BCUT2D eigenvalue weighted by Gasteiger charge is -2.51. The van der Waals surface area contributed by atoms with E-state index >= 15 is 0 Å². The molecule has 2 aliphatic carbocycles. The molecule has 0 aromatic heterocycles. The molecule has 1 aliphatic heterocycles. The largest absolute Gasteiger partial charge is 0.393 e. The first-order chi connectivity index (χ1) is 15.6. The normalized spacial score (nSPS) is 34.2. The Labute approximate surface area is 201 Å². The van der Waals surface area contributed by atoms with Crippen molar-refractivity contribution < 1.29 is 19.8 Å². The number of hydrogen-bond acceptors (Lipinski definition) is 4. The topological polar surface area (TPSA) is 89.9 Å². The average molecular weight is 477 g/mol. The third-order valence-corrected chi connectivity index (χ3v) is 8.52. The lowest BCUT2D eigenvalue weighted by molar-refractivity contribution is -0.158. The summed E-state index contributed by atoms with van der Waals surface area (Å²) in [7, 11) is 0. The Kier molecular flexibility index (Phi) is 7.09. The Morgan fingerprint density at radius 1 is 1.09 bits per heavy atom. The highest BCUT2D eigenvalue weighted by Gasteiger charge is 2.50. The maximum atomic E-state index is 13.6. The van der Waals surface area contributed by atoms with Crippen molar-refractivity contribution in [1.82, 2.24) is 10.2 Å². The minimum absolute atomic E-state index is 0.0210. The molecule has 5 atom stereocenters. The van der Waals surface area contributed by atoms with E-state index in [1.54, 1.807) is 12.1 Å². The van der Waals surface area contributed by atoms with Gasteiger partial charge in [0.15, 0.2) is 0 Å². The van der Waals surface area contributed by atoms with Crippen LogP contribution in [0.5, 0.6) is 0 Å². The Morgan fingerprint density at radius 3 is 2.42 bits per heavy atom. The van der Waals surface area contributed by atoms with Crippen molar-refractivity contribution in [3.05, 3.63) is 34.9 Å². The first-order valence-electron chi connectivity index (χ1n) is 12.4. The summed E-state index contributed by atoms with van der Waals surface area (Å²) in [5.41, 5.74) is -0.759. The molecule has 0 bridgehead atoms. The van der Waals surface area contributed by atoms with Gasteiger partial charge in [-0.15, -0.1) is 0 Å². The first-order valence-corrected chi connectivity index (χ1v) is 12.7. The van der Waals surface area contributed by atoms with E-state index in [0.29, 0.717) is 43.8 Å². The quantitative estimate of drug-likeness (QED) is 0.619. The molecule has 1 saturated heterocycles. The Hall–Kier alpha value is -1.63. The molecular formula is C26H37ClN2O4. The summed E-state index contributed by atoms with van der Waals surface area (Å²) in [5, 5.41) is 25.2. The van der Waals surface area contributed by atoms with Crippen molar-refractivity contribution in [2.24, 2.45) is 17.3 Å². The van der Waals surface area contributed by atoms with E-state index in [1.807, 2.05) is 30.9 Å². The van der Waals surface area contributed by atoms with Crippen LogP contribution in [-0.4, -0.2) is 52.2 Å². The summed E-state index contributed by atoms with van der Waals surface area (Å²) in [4.78, 5) is 28.3. The number of amides is 2. The second-order valence-corrected chi connectivity index (χ2v) is 11.4. The van der Waals surface area contributed by atoms with Crippen LogP contribution in [0.3, 0.4) is 0 Å². The van der Waals surface area contributed by atoms with E-state index in [0.717, 1.165) is 31.2 Å². The maximum Gasteiger partial charge on any atom is 0.227 e. The van der Waals surface area contributed by atoms with Gasteiger partial charge in [0.25, 0.3) is 0 Å². The molecule has 3 aliphatic rings. The van der Waals surface area contributed by atoms with Crippen LogP contribution in [0, 0.1) is 17.3 Å². The third-order valence-electron chi connectivity index (χ3n) is 8.27. The van der Waals surface area contributed by atoms with Crippen LogP contribution in [-0.2, 0) is 15.2 Å². The highest BCUT2D eigenvalue weighted by atomic mass is 35.5. The van der Waals surface area contributed by atoms with E-state index < -0.39 is 11.0 Å². The van der Waals surface area contributed by atoms with E-state index in [9.17, 15) is 19.8 Å². The predicted octanol–water partition coefficient (Wildman–Crippen LogP) is 3.62. The number of benzene rings is 1. The van der Waals surface area contributed by atoms with Gasteiger partial charge in [0.1, 0.15) is 0 Å². The molecule has 3 N–H and O–H groups in total. The summed E-state index contributed by atoms with van der Waals surface area (Å²) >= 11 is 6.04. The lowest BCUT2D eigenvalue weighted by atomic mass is 9.66. The average Bonchev–Trinajstić information content (AvgIpc) is 3.22. The molecule has 1 heterocycles. The van der Waals surface area contributed by atoms with Crippen LogP contribution in [0.2, 0.25) is 5.02 Å². The van der Waals surface area contributed by atoms with Gasteiger partial charge in [-0.1, -0.05) is 50.4 Å². The Morgan fingerprint density at radius 2 is 1.79 bits per heavy atom. The summed E-state index contributed by atoms with van der Waals surface area (Å²) < 4.78 is 0. The number of aliphatic hydroxyl groups is 2. The van der Waals surface area contributed by atoms with Gasteiger partial charge >= 0.3 is 0 Å². The minimum atomic E-state index is -1.04. The third kappa shape index (κ3) is 4.94. The number of hydrogen-bond donors (Lipinski definition) is 3. The number of halogens is 1. The molecule has 7 heteroatoms. The van der Waals surface area contributed by atoms with Crippen molar-refractivity contribution in [1.29, 1.82) is 0 Å². The molecule has 4 rings (SSSR count). The molecule has 6 nitrogen and oxygen atoms in total. The second kappa shape index (κ2) is 9.55. The van der Waals surface area contributed by atoms with Crippen LogP contribution in [0.15, 0.2) is 24.3 Å². The zero-order valence-electron chi connectivity index (χ0n) is 19.7. The SMILES string of the molecule is CC1(C)CN(C(=O)[C@H]2CCCC[C@H]2NC(=O)C2CC[C@@H](O)C2)CC[C@]1(O)c1ccc(Cl)cc1. The van der Waals surface area contributed by atoms with Gasteiger partial charge in [0.05, 0.1) is 17.6 Å². The summed E-state index contributed by atoms with van der Waals surface area (Å²) in [6, 6.07) is 7.17. The molecule has 0 spiro atoms. The fourth-order valence-corrected chi connectivity index (χ4v) is 6.23. The smallest absolute Gasteiger partial charge is 0.227 e. The fourth-order valence-electron chi connectivity index (χ4n) is 6.10. The first kappa shape index (κ1) is 24.5. The Balaban J connectivity index is 1.44. The van der Waals surface area contributed by atoms with Gasteiger partial charge in [-0.25, -0.2) is 0 Å². The number of rotatable bonds is 4. The second-order valence-electron chi connectivity index (χ2n) is 10.9. The number of nitrogens with zero attached hydrogens (tertiary/aromatic N) is 1. The van der Waals surface area contributed by atoms with Crippen LogP contribution >= 0.6 is 11.6 Å². The van der Waals surface area contributed by atoms with Crippen LogP contribution in [0.4, 0.5) is 0 Å². The molecule has 0 radical (unpaired) electrons. The van der Waals surface area contributed by atoms with Crippen molar-refractivity contribution >= 4 is 23.4 Å². The van der Waals surface area contributed by atoms with Crippen molar-refractivity contribution in [2.75, 3.05) is 13.1 Å². The number of carbonyl (C=O) groups is 2. The van der Waals surface area contributed by atoms with Gasteiger partial charge in [-0.05, 0) is 56.2 Å². The molecule has 1 unspecified atom stereocenters. The Bertz CT molecular complexity index is 874. The summed E-state index contributed by atoms with van der Waals surface area (Å²) in [5.74, 6) is -0.322. The molecule has 182 valence electrons. The zero-order valence-corrected chi connectivity index (χ0v) is 20.5. The molecular weight excluding hydrogens is 440 g/mol. The van der Waals surface area contributed by atoms with Gasteiger partial charge in [-0.3, -0.25) is 9.59 Å². The van der Waals surface area contributed by atoms with E-state index in [2.05, 4.69) is 5.32 Å². The van der Waals surface area contributed by atoms with E-state index in [1.165, 1.54) is 0 Å². The van der Waals surface area contributed by atoms with Crippen LogP contribution in [0.1, 0.15) is 70.8 Å². The number of piperidine rings is 1. The standard InChI is InChI=1S/C26H37ClN2O4/c1-25(2)16-29(14-13-26(25,33)18-8-10-19(27)11-9-18)24(32)21-5-3-4-6-22(21)28-23(31)17-7-12-20(30)15-17/h8-11,17,20-22,30,33H,3-7,12-16H2,1-2H3,(H,28,31)/t17?,20-,21+,22-,26+/m1/s1. The maximum absolute atomic E-state index is 13.6. The van der Waals surface area contributed by atoms with Crippen molar-refractivity contribution in [3.63, 3.8) is 0 Å². The highest BCUT2D eigenvalue weighted by Crippen LogP contribution is 2.46. The molecule has 1 aromatic rings. The van der Waals surface area contributed by atoms with E-state index in [-0.39, 0.29) is 35.8 Å². The van der Waals surface area contributed by atoms with Crippen molar-refractivity contribution in [3.8, 4) is 0 Å². The fraction of sp³-hybridized carbons (Fsp3) is 0.692. The van der Waals surface area contributed by atoms with Crippen molar-refractivity contribution in [2.45, 2.75) is 83.0 Å². The molecule has 2 saturated carbocycles. The minimum Gasteiger partial charge on any atom is -0.393 e. The van der Waals surface area contributed by atoms with Gasteiger partial charge < -0.3 is 20.4 Å². The number of nitrogens with one attached hydrogen (secondary N) is 1. The zero-order chi connectivity index (χ0) is 23.8. The molecule has 3 fully saturated rings. The monoisotopic (exact) mass is 476 g/mol. The molecule has 33 heavy (non-hydrogen) atoms. The summed E-state index contributed by atoms with van der Waals surface area (Å²) in [6.45, 7) is 4.95. The van der Waals surface area contributed by atoms with Gasteiger partial charge in [0.2, 0.25) is 11.8 Å². The van der Waals surface area contributed by atoms with E-state index in [4.69, 9.17) is 11.6 Å². The summed E-state index contributed by atoms with van der Waals surface area (Å²) in [6.07, 6.45) is 5.53. The number of carbonyl (C=O) groups excluding carboxylic acids is 2.